The van der Waals surface area contributed by atoms with Gasteiger partial charge in [-0.15, -0.1) is 6.42 Å². The lowest BCUT2D eigenvalue weighted by molar-refractivity contribution is 0.0697. The summed E-state index contributed by atoms with van der Waals surface area (Å²) in [4.78, 5) is 16.9. The van der Waals surface area contributed by atoms with Crippen LogP contribution in [0, 0.1) is 12.3 Å². The molecule has 0 aliphatic carbocycles. The molecule has 1 rings (SSSR count). The molecule has 1 heterocycles. The molecule has 0 saturated carbocycles. The fraction of sp³-hybridized carbons (Fsp3) is 0.333. The molecule has 90 valence electrons. The Bertz CT molecular complexity index is 454. The summed E-state index contributed by atoms with van der Waals surface area (Å²) in [6, 6.07) is 1.44. The molecule has 1 aromatic heterocycles. The Hall–Kier alpha value is -1.73. The van der Waals surface area contributed by atoms with E-state index >= 15 is 0 Å². The van der Waals surface area contributed by atoms with Crippen molar-refractivity contribution >= 4 is 23.4 Å². The Labute approximate surface area is 105 Å². The van der Waals surface area contributed by atoms with E-state index in [1.54, 1.807) is 0 Å². The Kier molecular flexibility index (Phi) is 4.80. The van der Waals surface area contributed by atoms with E-state index in [1.165, 1.54) is 12.3 Å². The third-order valence-electron chi connectivity index (χ3n) is 2.17. The van der Waals surface area contributed by atoms with Crippen LogP contribution >= 0.6 is 11.6 Å². The monoisotopic (exact) mass is 252 g/mol. The van der Waals surface area contributed by atoms with Gasteiger partial charge >= 0.3 is 5.97 Å². The minimum atomic E-state index is -1.07. The van der Waals surface area contributed by atoms with Crippen molar-refractivity contribution in [3.63, 3.8) is 0 Å². The zero-order valence-electron chi connectivity index (χ0n) is 9.48. The van der Waals surface area contributed by atoms with Crippen molar-refractivity contribution in [3.8, 4) is 12.3 Å². The lowest BCUT2D eigenvalue weighted by Gasteiger charge is -2.20. The van der Waals surface area contributed by atoms with Gasteiger partial charge in [-0.05, 0) is 12.5 Å². The molecule has 0 bridgehead atoms. The van der Waals surface area contributed by atoms with E-state index in [0.717, 1.165) is 13.0 Å². The number of hydrogen-bond donors (Lipinski definition) is 1. The number of halogens is 1. The number of carbonyl (C=O) groups is 1. The Morgan fingerprint density at radius 1 is 1.71 bits per heavy atom. The predicted molar refractivity (Wildman–Crippen MR) is 67.5 cm³/mol. The number of carboxylic acid groups (broad SMARTS) is 1. The standard InChI is InChI=1S/C12H13ClN2O2/c1-3-5-15(6-4-2)11-7-9(12(16)17)10(13)8-14-11/h1,7-8H,4-6H2,2H3,(H,16,17). The molecule has 0 unspecified atom stereocenters. The molecule has 0 aliphatic heterocycles. The van der Waals surface area contributed by atoms with Crippen LogP contribution in [0.25, 0.3) is 0 Å². The van der Waals surface area contributed by atoms with Crippen molar-refractivity contribution in [3.05, 3.63) is 22.8 Å². The molecule has 0 radical (unpaired) electrons. The van der Waals surface area contributed by atoms with Crippen LogP contribution in [0.15, 0.2) is 12.3 Å². The molecule has 0 atom stereocenters. The second-order valence-corrected chi connectivity index (χ2v) is 3.86. The molecular formula is C12H13ClN2O2. The fourth-order valence-corrected chi connectivity index (χ4v) is 1.60. The van der Waals surface area contributed by atoms with Gasteiger partial charge in [-0.3, -0.25) is 0 Å². The van der Waals surface area contributed by atoms with Gasteiger partial charge in [0.2, 0.25) is 0 Å². The molecule has 0 amide bonds. The number of aromatic nitrogens is 1. The van der Waals surface area contributed by atoms with Gasteiger partial charge in [0.1, 0.15) is 5.82 Å². The minimum absolute atomic E-state index is 0.0368. The second kappa shape index (κ2) is 6.12. The van der Waals surface area contributed by atoms with E-state index in [1.807, 2.05) is 11.8 Å². The number of terminal acetylenes is 1. The summed E-state index contributed by atoms with van der Waals surface area (Å²) >= 11 is 5.75. The second-order valence-electron chi connectivity index (χ2n) is 3.45. The molecule has 0 saturated heterocycles. The van der Waals surface area contributed by atoms with Crippen molar-refractivity contribution in [2.75, 3.05) is 18.0 Å². The summed E-state index contributed by atoms with van der Waals surface area (Å²) in [5.74, 6) is 1.98. The van der Waals surface area contributed by atoms with Crippen molar-refractivity contribution in [1.82, 2.24) is 4.98 Å². The number of carboxylic acids is 1. The topological polar surface area (TPSA) is 53.4 Å². The smallest absolute Gasteiger partial charge is 0.337 e. The first-order chi connectivity index (χ1) is 8.10. The fourth-order valence-electron chi connectivity index (χ4n) is 1.42. The molecule has 0 spiro atoms. The molecule has 5 heteroatoms. The maximum Gasteiger partial charge on any atom is 0.337 e. The highest BCUT2D eigenvalue weighted by Crippen LogP contribution is 2.20. The molecular weight excluding hydrogens is 240 g/mol. The van der Waals surface area contributed by atoms with E-state index in [9.17, 15) is 4.79 Å². The number of hydrogen-bond acceptors (Lipinski definition) is 3. The Morgan fingerprint density at radius 3 is 2.94 bits per heavy atom. The van der Waals surface area contributed by atoms with E-state index < -0.39 is 5.97 Å². The van der Waals surface area contributed by atoms with Gasteiger partial charge in [0, 0.05) is 12.7 Å². The molecule has 0 fully saturated rings. The summed E-state index contributed by atoms with van der Waals surface area (Å²) in [7, 11) is 0. The van der Waals surface area contributed by atoms with Gasteiger partial charge in [-0.2, -0.15) is 0 Å². The first kappa shape index (κ1) is 13.3. The Balaban J connectivity index is 3.08. The minimum Gasteiger partial charge on any atom is -0.478 e. The maximum absolute atomic E-state index is 10.9. The van der Waals surface area contributed by atoms with Gasteiger partial charge in [0.25, 0.3) is 0 Å². The lowest BCUT2D eigenvalue weighted by atomic mass is 10.2. The van der Waals surface area contributed by atoms with Crippen molar-refractivity contribution < 1.29 is 9.90 Å². The first-order valence-corrected chi connectivity index (χ1v) is 5.55. The van der Waals surface area contributed by atoms with E-state index in [2.05, 4.69) is 10.9 Å². The van der Waals surface area contributed by atoms with Crippen LogP contribution in [0.1, 0.15) is 23.7 Å². The zero-order chi connectivity index (χ0) is 12.8. The predicted octanol–water partition coefficient (Wildman–Crippen LogP) is 2.28. The number of anilines is 1. The highest BCUT2D eigenvalue weighted by Gasteiger charge is 2.13. The van der Waals surface area contributed by atoms with Gasteiger partial charge in [-0.25, -0.2) is 9.78 Å². The number of pyridine rings is 1. The summed E-state index contributed by atoms with van der Waals surface area (Å²) in [5.41, 5.74) is 0.0368. The van der Waals surface area contributed by atoms with Crippen molar-refractivity contribution in [1.29, 1.82) is 0 Å². The highest BCUT2D eigenvalue weighted by molar-refractivity contribution is 6.33. The highest BCUT2D eigenvalue weighted by atomic mass is 35.5. The SMILES string of the molecule is C#CCN(CCC)c1cc(C(=O)O)c(Cl)cn1. The molecule has 0 aliphatic rings. The average molecular weight is 253 g/mol. The van der Waals surface area contributed by atoms with Gasteiger partial charge < -0.3 is 10.0 Å². The van der Waals surface area contributed by atoms with Gasteiger partial charge in [0.15, 0.2) is 0 Å². The number of aromatic carboxylic acids is 1. The van der Waals surface area contributed by atoms with Gasteiger partial charge in [-0.1, -0.05) is 24.4 Å². The van der Waals surface area contributed by atoms with Crippen LogP contribution in [0.4, 0.5) is 5.82 Å². The molecule has 17 heavy (non-hydrogen) atoms. The normalized spacial score (nSPS) is 9.71. The lowest BCUT2D eigenvalue weighted by Crippen LogP contribution is -2.25. The zero-order valence-corrected chi connectivity index (χ0v) is 10.2. The Morgan fingerprint density at radius 2 is 2.41 bits per heavy atom. The van der Waals surface area contributed by atoms with Crippen LogP contribution in [0.2, 0.25) is 5.02 Å². The van der Waals surface area contributed by atoms with Crippen molar-refractivity contribution in [2.24, 2.45) is 0 Å². The van der Waals surface area contributed by atoms with Crippen LogP contribution < -0.4 is 4.90 Å². The quantitative estimate of drug-likeness (QED) is 0.817. The first-order valence-electron chi connectivity index (χ1n) is 5.17. The summed E-state index contributed by atoms with van der Waals surface area (Å²) in [5, 5.41) is 9.08. The van der Waals surface area contributed by atoms with E-state index in [-0.39, 0.29) is 10.6 Å². The third kappa shape index (κ3) is 3.36. The average Bonchev–Trinajstić information content (AvgIpc) is 2.29. The van der Waals surface area contributed by atoms with Crippen LogP contribution in [-0.2, 0) is 0 Å². The van der Waals surface area contributed by atoms with Crippen LogP contribution in [0.5, 0.6) is 0 Å². The number of nitrogens with zero attached hydrogens (tertiary/aromatic N) is 2. The third-order valence-corrected chi connectivity index (χ3v) is 2.47. The summed E-state index contributed by atoms with van der Waals surface area (Å²) in [6.07, 6.45) is 7.49. The van der Waals surface area contributed by atoms with Gasteiger partial charge in [0.05, 0.1) is 17.1 Å². The molecule has 1 N–H and O–H groups in total. The van der Waals surface area contributed by atoms with Crippen LogP contribution in [0.3, 0.4) is 0 Å². The number of rotatable bonds is 5. The summed E-state index contributed by atoms with van der Waals surface area (Å²) in [6.45, 7) is 3.12. The molecule has 4 nitrogen and oxygen atoms in total. The van der Waals surface area contributed by atoms with Crippen LogP contribution in [-0.4, -0.2) is 29.1 Å². The maximum atomic E-state index is 10.9. The largest absolute Gasteiger partial charge is 0.478 e. The van der Waals surface area contributed by atoms with Crippen molar-refractivity contribution in [2.45, 2.75) is 13.3 Å². The summed E-state index contributed by atoms with van der Waals surface area (Å²) < 4.78 is 0. The van der Waals surface area contributed by atoms with E-state index in [4.69, 9.17) is 23.1 Å². The van der Waals surface area contributed by atoms with E-state index in [0.29, 0.717) is 12.4 Å². The molecule has 0 aromatic carbocycles. The molecule has 1 aromatic rings.